The van der Waals surface area contributed by atoms with Crippen LogP contribution in [0.1, 0.15) is 5.69 Å². The maximum absolute atomic E-state index is 13.4. The van der Waals surface area contributed by atoms with Gasteiger partial charge in [-0.2, -0.15) is 4.31 Å². The van der Waals surface area contributed by atoms with Gasteiger partial charge in [0.05, 0.1) is 22.8 Å². The zero-order valence-electron chi connectivity index (χ0n) is 10.8. The zero-order valence-corrected chi connectivity index (χ0v) is 11.6. The van der Waals surface area contributed by atoms with Gasteiger partial charge in [-0.15, -0.1) is 0 Å². The molecule has 0 fully saturated rings. The molecule has 1 heterocycles. The van der Waals surface area contributed by atoms with Crippen LogP contribution in [-0.4, -0.2) is 24.8 Å². The Kier molecular flexibility index (Phi) is 4.01. The van der Waals surface area contributed by atoms with Crippen LogP contribution < -0.4 is 5.73 Å². The van der Waals surface area contributed by atoms with E-state index < -0.39 is 15.8 Å². The minimum absolute atomic E-state index is 0.0867. The molecule has 2 aromatic rings. The SMILES string of the molecule is CN(Cc1ccccn1)S(=O)(=O)c1ccc(N)c(F)c1. The van der Waals surface area contributed by atoms with Crippen LogP contribution in [-0.2, 0) is 16.6 Å². The topological polar surface area (TPSA) is 76.3 Å². The largest absolute Gasteiger partial charge is 0.396 e. The van der Waals surface area contributed by atoms with Gasteiger partial charge in [0.2, 0.25) is 10.0 Å². The van der Waals surface area contributed by atoms with Crippen molar-refractivity contribution in [3.05, 3.63) is 54.1 Å². The molecule has 2 rings (SSSR count). The first-order valence-electron chi connectivity index (χ1n) is 5.82. The van der Waals surface area contributed by atoms with Crippen molar-refractivity contribution < 1.29 is 12.8 Å². The number of nitrogens with two attached hydrogens (primary N) is 1. The second-order valence-corrected chi connectivity index (χ2v) is 6.31. The molecular formula is C13H14FN3O2S. The average Bonchev–Trinajstić information content (AvgIpc) is 2.42. The Bertz CT molecular complexity index is 705. The van der Waals surface area contributed by atoms with E-state index in [0.717, 1.165) is 10.4 Å². The fraction of sp³-hybridized carbons (Fsp3) is 0.154. The summed E-state index contributed by atoms with van der Waals surface area (Å²) in [7, 11) is -2.36. The maximum atomic E-state index is 13.4. The molecule has 2 N–H and O–H groups in total. The van der Waals surface area contributed by atoms with Gasteiger partial charge in [-0.25, -0.2) is 12.8 Å². The van der Waals surface area contributed by atoms with Crippen molar-refractivity contribution in [2.45, 2.75) is 11.4 Å². The van der Waals surface area contributed by atoms with Crippen LogP contribution in [0.25, 0.3) is 0 Å². The van der Waals surface area contributed by atoms with E-state index in [0.29, 0.717) is 5.69 Å². The molecule has 7 heteroatoms. The summed E-state index contributed by atoms with van der Waals surface area (Å²) in [6, 6.07) is 8.66. The van der Waals surface area contributed by atoms with E-state index in [2.05, 4.69) is 4.98 Å². The lowest BCUT2D eigenvalue weighted by Crippen LogP contribution is -2.27. The number of halogens is 1. The summed E-state index contributed by atoms with van der Waals surface area (Å²) in [6.07, 6.45) is 1.58. The number of rotatable bonds is 4. The second-order valence-electron chi connectivity index (χ2n) is 4.27. The van der Waals surface area contributed by atoms with Gasteiger partial charge >= 0.3 is 0 Å². The number of benzene rings is 1. The number of sulfonamides is 1. The average molecular weight is 295 g/mol. The van der Waals surface area contributed by atoms with Crippen molar-refractivity contribution in [1.82, 2.24) is 9.29 Å². The molecule has 0 saturated carbocycles. The van der Waals surface area contributed by atoms with Crippen LogP contribution in [0.2, 0.25) is 0 Å². The number of pyridine rings is 1. The maximum Gasteiger partial charge on any atom is 0.243 e. The minimum atomic E-state index is -3.78. The van der Waals surface area contributed by atoms with Crippen LogP contribution in [0.4, 0.5) is 10.1 Å². The molecule has 0 bridgehead atoms. The van der Waals surface area contributed by atoms with Crippen LogP contribution in [0, 0.1) is 5.82 Å². The van der Waals surface area contributed by atoms with Gasteiger partial charge in [-0.3, -0.25) is 4.98 Å². The molecule has 1 aromatic carbocycles. The third-order valence-electron chi connectivity index (χ3n) is 2.79. The number of aromatic nitrogens is 1. The van der Waals surface area contributed by atoms with E-state index in [-0.39, 0.29) is 17.1 Å². The van der Waals surface area contributed by atoms with Gasteiger partial charge in [-0.1, -0.05) is 6.07 Å². The Morgan fingerprint density at radius 2 is 2.05 bits per heavy atom. The molecular weight excluding hydrogens is 281 g/mol. The molecule has 0 unspecified atom stereocenters. The Morgan fingerprint density at radius 1 is 1.30 bits per heavy atom. The van der Waals surface area contributed by atoms with Gasteiger partial charge in [0, 0.05) is 13.2 Å². The number of hydrogen-bond donors (Lipinski definition) is 1. The lowest BCUT2D eigenvalue weighted by Gasteiger charge is -2.17. The summed E-state index contributed by atoms with van der Waals surface area (Å²) >= 11 is 0. The smallest absolute Gasteiger partial charge is 0.243 e. The highest BCUT2D eigenvalue weighted by molar-refractivity contribution is 7.89. The van der Waals surface area contributed by atoms with Gasteiger partial charge in [0.15, 0.2) is 0 Å². The van der Waals surface area contributed by atoms with E-state index in [4.69, 9.17) is 5.73 Å². The van der Waals surface area contributed by atoms with Crippen molar-refractivity contribution in [3.63, 3.8) is 0 Å². The first-order chi connectivity index (χ1) is 9.41. The molecule has 5 nitrogen and oxygen atoms in total. The fourth-order valence-electron chi connectivity index (χ4n) is 1.65. The van der Waals surface area contributed by atoms with Crippen LogP contribution in [0.3, 0.4) is 0 Å². The molecule has 0 aliphatic rings. The number of nitrogen functional groups attached to an aromatic ring is 1. The lowest BCUT2D eigenvalue weighted by atomic mass is 10.3. The number of nitrogens with zero attached hydrogens (tertiary/aromatic N) is 2. The van der Waals surface area contributed by atoms with Crippen LogP contribution in [0.15, 0.2) is 47.5 Å². The van der Waals surface area contributed by atoms with Gasteiger partial charge in [-0.05, 0) is 30.3 Å². The fourth-order valence-corrected chi connectivity index (χ4v) is 2.81. The van der Waals surface area contributed by atoms with E-state index >= 15 is 0 Å². The molecule has 20 heavy (non-hydrogen) atoms. The van der Waals surface area contributed by atoms with Gasteiger partial charge in [0.1, 0.15) is 5.82 Å². The first-order valence-corrected chi connectivity index (χ1v) is 7.26. The molecule has 0 radical (unpaired) electrons. The van der Waals surface area contributed by atoms with Crippen molar-refractivity contribution in [2.24, 2.45) is 0 Å². The molecule has 0 aliphatic carbocycles. The number of anilines is 1. The van der Waals surface area contributed by atoms with Gasteiger partial charge < -0.3 is 5.73 Å². The van der Waals surface area contributed by atoms with Crippen molar-refractivity contribution in [2.75, 3.05) is 12.8 Å². The van der Waals surface area contributed by atoms with Crippen molar-refractivity contribution >= 4 is 15.7 Å². The second kappa shape index (κ2) is 5.56. The Hall–Kier alpha value is -1.99. The lowest BCUT2D eigenvalue weighted by molar-refractivity contribution is 0.461. The van der Waals surface area contributed by atoms with E-state index in [1.54, 1.807) is 24.4 Å². The summed E-state index contributed by atoms with van der Waals surface area (Å²) in [5, 5.41) is 0. The molecule has 0 saturated heterocycles. The summed E-state index contributed by atoms with van der Waals surface area (Å²) in [5.41, 5.74) is 5.86. The Labute approximate surface area is 116 Å². The Morgan fingerprint density at radius 3 is 2.65 bits per heavy atom. The summed E-state index contributed by atoms with van der Waals surface area (Å²) in [6.45, 7) is 0.106. The Balaban J connectivity index is 2.27. The third-order valence-corrected chi connectivity index (χ3v) is 4.59. The summed E-state index contributed by atoms with van der Waals surface area (Å²) in [4.78, 5) is 3.92. The minimum Gasteiger partial charge on any atom is -0.396 e. The van der Waals surface area contributed by atoms with Crippen LogP contribution >= 0.6 is 0 Å². The predicted molar refractivity (Wildman–Crippen MR) is 73.7 cm³/mol. The standard InChI is InChI=1S/C13H14FN3O2S/c1-17(9-10-4-2-3-7-16-10)20(18,19)11-5-6-13(15)12(14)8-11/h2-8H,9,15H2,1H3. The highest BCUT2D eigenvalue weighted by atomic mass is 32.2. The van der Waals surface area contributed by atoms with E-state index in [1.165, 1.54) is 19.2 Å². The molecule has 1 aromatic heterocycles. The molecule has 0 atom stereocenters. The highest BCUT2D eigenvalue weighted by Crippen LogP contribution is 2.20. The van der Waals surface area contributed by atoms with E-state index in [9.17, 15) is 12.8 Å². The zero-order chi connectivity index (χ0) is 14.8. The van der Waals surface area contributed by atoms with Crippen molar-refractivity contribution in [1.29, 1.82) is 0 Å². The van der Waals surface area contributed by atoms with Crippen LogP contribution in [0.5, 0.6) is 0 Å². The summed E-state index contributed by atoms with van der Waals surface area (Å²) in [5.74, 6) is -0.752. The third kappa shape index (κ3) is 2.94. The molecule has 0 aliphatic heterocycles. The highest BCUT2D eigenvalue weighted by Gasteiger charge is 2.22. The molecule has 0 amide bonds. The molecule has 0 spiro atoms. The van der Waals surface area contributed by atoms with Gasteiger partial charge in [0.25, 0.3) is 0 Å². The quantitative estimate of drug-likeness (QED) is 0.870. The molecule has 106 valence electrons. The normalized spacial score (nSPS) is 11.8. The summed E-state index contributed by atoms with van der Waals surface area (Å²) < 4.78 is 39.1. The first kappa shape index (κ1) is 14.4. The number of hydrogen-bond acceptors (Lipinski definition) is 4. The van der Waals surface area contributed by atoms with Crippen molar-refractivity contribution in [3.8, 4) is 0 Å². The monoisotopic (exact) mass is 295 g/mol. The predicted octanol–water partition coefficient (Wildman–Crippen LogP) is 1.62. The van der Waals surface area contributed by atoms with E-state index in [1.807, 2.05) is 0 Å².